The van der Waals surface area contributed by atoms with Crippen molar-refractivity contribution in [1.29, 1.82) is 0 Å². The number of anilines is 1. The van der Waals surface area contributed by atoms with E-state index in [9.17, 15) is 4.79 Å². The first-order valence-corrected chi connectivity index (χ1v) is 10.9. The Hall–Kier alpha value is -3.81. The highest BCUT2D eigenvalue weighted by molar-refractivity contribution is 6.18. The van der Waals surface area contributed by atoms with E-state index < -0.39 is 0 Å². The van der Waals surface area contributed by atoms with E-state index in [0.29, 0.717) is 17.3 Å². The van der Waals surface area contributed by atoms with Gasteiger partial charge in [-0.1, -0.05) is 24.3 Å². The number of amides is 2. The van der Waals surface area contributed by atoms with E-state index >= 15 is 0 Å². The highest BCUT2D eigenvalue weighted by Gasteiger charge is 2.48. The van der Waals surface area contributed by atoms with Gasteiger partial charge < -0.3 is 9.47 Å². The van der Waals surface area contributed by atoms with Crippen molar-refractivity contribution in [1.82, 2.24) is 15.1 Å². The molecule has 2 amide bonds. The molecule has 8 nitrogen and oxygen atoms in total. The van der Waals surface area contributed by atoms with Crippen molar-refractivity contribution >= 4 is 23.4 Å². The van der Waals surface area contributed by atoms with Gasteiger partial charge in [-0.15, -0.1) is 0 Å². The summed E-state index contributed by atoms with van der Waals surface area (Å²) in [6.45, 7) is 6.25. The molecule has 170 valence electrons. The summed E-state index contributed by atoms with van der Waals surface area (Å²) in [5.41, 5.74) is 2.48. The van der Waals surface area contributed by atoms with Crippen LogP contribution < -0.4 is 19.7 Å². The quantitative estimate of drug-likeness (QED) is 0.644. The predicted molar refractivity (Wildman–Crippen MR) is 127 cm³/mol. The van der Waals surface area contributed by atoms with Crippen molar-refractivity contribution in [3.8, 4) is 11.5 Å². The third-order valence-electron chi connectivity index (χ3n) is 6.10. The number of amidine groups is 1. The standard InChI is InChI=1S/C25H27N5O3/c1-25(2,3)30-23-17(14-26-30)20(15-11-12-18(32-4)19(13-15)33-5)21-22(27-23)28-24(31)29(21)16-9-7-6-8-10-16/h6-14,20-21H,1-5H3,(H,27,28,31)/t20-,21+/m1/s1. The van der Waals surface area contributed by atoms with Crippen LogP contribution in [0.25, 0.3) is 0 Å². The number of rotatable bonds is 4. The molecular weight excluding hydrogens is 418 g/mol. The molecule has 0 radical (unpaired) electrons. The monoisotopic (exact) mass is 445 g/mol. The number of hydrogen-bond donors (Lipinski definition) is 1. The summed E-state index contributed by atoms with van der Waals surface area (Å²) < 4.78 is 12.9. The lowest BCUT2D eigenvalue weighted by atomic mass is 9.83. The molecule has 0 saturated carbocycles. The van der Waals surface area contributed by atoms with Crippen LogP contribution in [-0.2, 0) is 5.54 Å². The number of aliphatic imine (C=N–C) groups is 1. The minimum atomic E-state index is -0.344. The van der Waals surface area contributed by atoms with E-state index in [1.807, 2.05) is 59.4 Å². The summed E-state index contributed by atoms with van der Waals surface area (Å²) in [6, 6.07) is 15.0. The van der Waals surface area contributed by atoms with E-state index in [1.54, 1.807) is 19.1 Å². The van der Waals surface area contributed by atoms with Crippen LogP contribution in [-0.4, -0.2) is 41.9 Å². The summed E-state index contributed by atoms with van der Waals surface area (Å²) in [7, 11) is 3.24. The normalized spacial score (nSPS) is 19.5. The second-order valence-electron chi connectivity index (χ2n) is 9.18. The summed E-state index contributed by atoms with van der Waals surface area (Å²) in [6.07, 6.45) is 1.87. The van der Waals surface area contributed by atoms with Crippen molar-refractivity contribution in [3.05, 3.63) is 65.9 Å². The Morgan fingerprint density at radius 1 is 1.00 bits per heavy atom. The third kappa shape index (κ3) is 3.33. The summed E-state index contributed by atoms with van der Waals surface area (Å²) in [5.74, 6) is 2.44. The average molecular weight is 446 g/mol. The van der Waals surface area contributed by atoms with Crippen LogP contribution in [0.2, 0.25) is 0 Å². The first-order valence-electron chi connectivity index (χ1n) is 10.9. The molecule has 1 N–H and O–H groups in total. The fourth-order valence-corrected chi connectivity index (χ4v) is 4.63. The van der Waals surface area contributed by atoms with Crippen LogP contribution in [0, 0.1) is 0 Å². The number of methoxy groups -OCH3 is 2. The molecule has 33 heavy (non-hydrogen) atoms. The second kappa shape index (κ2) is 7.65. The van der Waals surface area contributed by atoms with Crippen molar-refractivity contribution in [2.75, 3.05) is 19.1 Å². The summed E-state index contributed by atoms with van der Waals surface area (Å²) in [4.78, 5) is 19.8. The molecule has 8 heteroatoms. The van der Waals surface area contributed by atoms with Gasteiger partial charge in [0.05, 0.1) is 26.0 Å². The Morgan fingerprint density at radius 3 is 2.39 bits per heavy atom. The zero-order chi connectivity index (χ0) is 23.3. The second-order valence-corrected chi connectivity index (χ2v) is 9.18. The van der Waals surface area contributed by atoms with E-state index in [2.05, 4.69) is 31.2 Å². The first-order chi connectivity index (χ1) is 15.8. The van der Waals surface area contributed by atoms with E-state index in [0.717, 1.165) is 22.6 Å². The van der Waals surface area contributed by atoms with Gasteiger partial charge in [-0.05, 0) is 50.6 Å². The maximum atomic E-state index is 13.2. The molecule has 3 aromatic rings. The maximum Gasteiger partial charge on any atom is 0.328 e. The molecule has 3 heterocycles. The number of para-hydroxylation sites is 1. The molecule has 0 bridgehead atoms. The molecule has 0 spiro atoms. The number of nitrogens with one attached hydrogen (secondary N) is 1. The highest BCUT2D eigenvalue weighted by Crippen LogP contribution is 2.46. The number of ether oxygens (including phenoxy) is 2. The Kier molecular flexibility index (Phi) is 4.88. The number of benzene rings is 2. The Bertz CT molecular complexity index is 1240. The average Bonchev–Trinajstić information content (AvgIpc) is 3.37. The lowest BCUT2D eigenvalue weighted by molar-refractivity contribution is 0.252. The molecule has 1 saturated heterocycles. The minimum absolute atomic E-state index is 0.198. The van der Waals surface area contributed by atoms with Crippen LogP contribution in [0.15, 0.2) is 59.7 Å². The molecule has 1 aromatic heterocycles. The SMILES string of the molecule is COc1ccc([C@@H]2c3cnn(C(C)(C)C)c3N=C3NC(=O)N(c4ccccc4)[C@H]32)cc1OC. The lowest BCUT2D eigenvalue weighted by Crippen LogP contribution is -2.42. The largest absolute Gasteiger partial charge is 0.493 e. The number of urea groups is 1. The van der Waals surface area contributed by atoms with Gasteiger partial charge in [-0.3, -0.25) is 10.2 Å². The van der Waals surface area contributed by atoms with Crippen LogP contribution >= 0.6 is 0 Å². The lowest BCUT2D eigenvalue weighted by Gasteiger charge is -2.33. The Morgan fingerprint density at radius 2 is 1.73 bits per heavy atom. The van der Waals surface area contributed by atoms with Gasteiger partial charge in [0.2, 0.25) is 0 Å². The van der Waals surface area contributed by atoms with Gasteiger partial charge >= 0.3 is 6.03 Å². The molecule has 2 atom stereocenters. The molecule has 2 aliphatic rings. The molecule has 2 aromatic carbocycles. The van der Waals surface area contributed by atoms with Gasteiger partial charge in [0.1, 0.15) is 11.9 Å². The molecular formula is C25H27N5O3. The van der Waals surface area contributed by atoms with Crippen molar-refractivity contribution in [2.45, 2.75) is 38.3 Å². The van der Waals surface area contributed by atoms with Gasteiger partial charge in [0.25, 0.3) is 0 Å². The zero-order valence-electron chi connectivity index (χ0n) is 19.4. The number of hydrogen-bond acceptors (Lipinski definition) is 5. The molecule has 0 aliphatic carbocycles. The predicted octanol–water partition coefficient (Wildman–Crippen LogP) is 4.43. The Balaban J connectivity index is 1.73. The van der Waals surface area contributed by atoms with Crippen molar-refractivity contribution < 1.29 is 14.3 Å². The van der Waals surface area contributed by atoms with Crippen molar-refractivity contribution in [3.63, 3.8) is 0 Å². The van der Waals surface area contributed by atoms with Crippen LogP contribution in [0.4, 0.5) is 16.3 Å². The smallest absolute Gasteiger partial charge is 0.328 e. The minimum Gasteiger partial charge on any atom is -0.493 e. The van der Waals surface area contributed by atoms with Crippen LogP contribution in [0.1, 0.15) is 37.8 Å². The van der Waals surface area contributed by atoms with Crippen molar-refractivity contribution in [2.24, 2.45) is 4.99 Å². The van der Waals surface area contributed by atoms with Gasteiger partial charge in [0.15, 0.2) is 17.3 Å². The number of fused-ring (bicyclic) bond motifs is 2. The maximum absolute atomic E-state index is 13.2. The number of nitrogens with zero attached hydrogens (tertiary/aromatic N) is 4. The van der Waals surface area contributed by atoms with E-state index in [-0.39, 0.29) is 23.5 Å². The van der Waals surface area contributed by atoms with Gasteiger partial charge in [-0.25, -0.2) is 14.5 Å². The zero-order valence-corrected chi connectivity index (χ0v) is 19.4. The van der Waals surface area contributed by atoms with E-state index in [4.69, 9.17) is 14.5 Å². The summed E-state index contributed by atoms with van der Waals surface area (Å²) >= 11 is 0. The third-order valence-corrected chi connectivity index (χ3v) is 6.10. The van der Waals surface area contributed by atoms with Gasteiger partial charge in [-0.2, -0.15) is 5.10 Å². The fourth-order valence-electron chi connectivity index (χ4n) is 4.63. The van der Waals surface area contributed by atoms with E-state index in [1.165, 1.54) is 0 Å². The van der Waals surface area contributed by atoms with Crippen LogP contribution in [0.3, 0.4) is 0 Å². The first kappa shape index (κ1) is 21.1. The molecule has 0 unspecified atom stereocenters. The summed E-state index contributed by atoms with van der Waals surface area (Å²) in [5, 5.41) is 7.69. The molecule has 5 rings (SSSR count). The fraction of sp³-hybridized carbons (Fsp3) is 0.320. The number of aromatic nitrogens is 2. The van der Waals surface area contributed by atoms with Crippen LogP contribution in [0.5, 0.6) is 11.5 Å². The topological polar surface area (TPSA) is 81.0 Å². The van der Waals surface area contributed by atoms with Gasteiger partial charge in [0, 0.05) is 17.2 Å². The highest BCUT2D eigenvalue weighted by atomic mass is 16.5. The number of carbonyl (C=O) groups is 1. The molecule has 2 aliphatic heterocycles. The Labute approximate surface area is 192 Å². The molecule has 1 fully saturated rings. The number of carbonyl (C=O) groups excluding carboxylic acids is 1.